The van der Waals surface area contributed by atoms with Crippen LogP contribution in [0.25, 0.3) is 0 Å². The van der Waals surface area contributed by atoms with Crippen molar-refractivity contribution in [1.82, 2.24) is 4.98 Å². The minimum Gasteiger partial charge on any atom is -0.493 e. The molecule has 1 aromatic rings. The van der Waals surface area contributed by atoms with Crippen LogP contribution in [0, 0.1) is 0 Å². The molecule has 4 heteroatoms. The van der Waals surface area contributed by atoms with E-state index in [-0.39, 0.29) is 6.61 Å². The summed E-state index contributed by atoms with van der Waals surface area (Å²) in [7, 11) is 0. The van der Waals surface area contributed by atoms with E-state index in [1.54, 1.807) is 18.3 Å². The second-order valence-corrected chi connectivity index (χ2v) is 2.34. The highest BCUT2D eigenvalue weighted by Gasteiger charge is 1.93. The predicted octanol–water partition coefficient (Wildman–Crippen LogP) is 0.425. The number of rotatable bonds is 4. The molecule has 0 saturated carbocycles. The zero-order chi connectivity index (χ0) is 8.81. The number of nitrogens with two attached hydrogens (primary N) is 1. The average Bonchev–Trinajstić information content (AvgIpc) is 2.05. The predicted molar refractivity (Wildman–Crippen MR) is 45.8 cm³/mol. The first-order valence-electron chi connectivity index (χ1n) is 3.78. The number of nitrogens with zero attached hydrogens (tertiary/aromatic N) is 1. The Bertz CT molecular complexity index is 240. The minimum atomic E-state index is 0.139. The molecule has 0 fully saturated rings. The minimum absolute atomic E-state index is 0.139. The Balaban J connectivity index is 2.41. The summed E-state index contributed by atoms with van der Waals surface area (Å²) < 4.78 is 5.25. The van der Waals surface area contributed by atoms with Crippen LogP contribution < -0.4 is 10.5 Å². The molecule has 0 aliphatic rings. The van der Waals surface area contributed by atoms with Gasteiger partial charge in [0.15, 0.2) is 0 Å². The molecular formula is C8H12N2O2. The molecule has 1 heterocycles. The van der Waals surface area contributed by atoms with Crippen molar-refractivity contribution in [3.05, 3.63) is 18.3 Å². The van der Waals surface area contributed by atoms with E-state index in [1.807, 2.05) is 0 Å². The quantitative estimate of drug-likeness (QED) is 0.639. The SMILES string of the molecule is Nc1cc(OCCCO)ccn1. The number of nitrogen functional groups attached to an aromatic ring is 1. The van der Waals surface area contributed by atoms with E-state index in [4.69, 9.17) is 15.6 Å². The van der Waals surface area contributed by atoms with Gasteiger partial charge in [-0.25, -0.2) is 4.98 Å². The van der Waals surface area contributed by atoms with Crippen molar-refractivity contribution in [3.63, 3.8) is 0 Å². The van der Waals surface area contributed by atoms with Crippen LogP contribution >= 0.6 is 0 Å². The van der Waals surface area contributed by atoms with Crippen molar-refractivity contribution >= 4 is 5.82 Å². The van der Waals surface area contributed by atoms with Crippen molar-refractivity contribution < 1.29 is 9.84 Å². The van der Waals surface area contributed by atoms with Gasteiger partial charge in [-0.3, -0.25) is 0 Å². The Morgan fingerprint density at radius 1 is 1.58 bits per heavy atom. The summed E-state index contributed by atoms with van der Waals surface area (Å²) in [6.07, 6.45) is 2.21. The number of hydrogen-bond donors (Lipinski definition) is 2. The normalized spacial score (nSPS) is 9.75. The third-order valence-corrected chi connectivity index (χ3v) is 1.32. The molecule has 0 saturated heterocycles. The third kappa shape index (κ3) is 2.75. The smallest absolute Gasteiger partial charge is 0.126 e. The lowest BCUT2D eigenvalue weighted by atomic mass is 10.4. The van der Waals surface area contributed by atoms with Gasteiger partial charge in [0, 0.05) is 25.3 Å². The first-order chi connectivity index (χ1) is 5.83. The van der Waals surface area contributed by atoms with E-state index < -0.39 is 0 Å². The van der Waals surface area contributed by atoms with E-state index >= 15 is 0 Å². The first kappa shape index (κ1) is 8.80. The average molecular weight is 168 g/mol. The number of aliphatic hydroxyl groups excluding tert-OH is 1. The molecule has 0 spiro atoms. The third-order valence-electron chi connectivity index (χ3n) is 1.32. The molecule has 3 N–H and O–H groups in total. The van der Waals surface area contributed by atoms with Crippen LogP contribution in [-0.2, 0) is 0 Å². The Labute approximate surface area is 71.0 Å². The molecule has 0 radical (unpaired) electrons. The standard InChI is InChI=1S/C8H12N2O2/c9-8-6-7(2-3-10-8)12-5-1-4-11/h2-3,6,11H,1,4-5H2,(H2,9,10). The maximum atomic E-state index is 8.48. The zero-order valence-electron chi connectivity index (χ0n) is 6.73. The summed E-state index contributed by atoms with van der Waals surface area (Å²) in [4.78, 5) is 3.82. The van der Waals surface area contributed by atoms with E-state index in [2.05, 4.69) is 4.98 Å². The van der Waals surface area contributed by atoms with E-state index in [1.165, 1.54) is 0 Å². The lowest BCUT2D eigenvalue weighted by Gasteiger charge is -2.04. The monoisotopic (exact) mass is 168 g/mol. The number of aromatic nitrogens is 1. The molecule has 0 unspecified atom stereocenters. The van der Waals surface area contributed by atoms with Gasteiger partial charge in [0.05, 0.1) is 6.61 Å². The van der Waals surface area contributed by atoms with Crippen molar-refractivity contribution in [2.45, 2.75) is 6.42 Å². The van der Waals surface area contributed by atoms with Gasteiger partial charge in [-0.15, -0.1) is 0 Å². The highest BCUT2D eigenvalue weighted by Crippen LogP contribution is 2.11. The number of pyridine rings is 1. The highest BCUT2D eigenvalue weighted by atomic mass is 16.5. The molecule has 0 amide bonds. The topological polar surface area (TPSA) is 68.4 Å². The van der Waals surface area contributed by atoms with Crippen LogP contribution in [-0.4, -0.2) is 23.3 Å². The zero-order valence-corrected chi connectivity index (χ0v) is 6.73. The fourth-order valence-corrected chi connectivity index (χ4v) is 0.772. The second kappa shape index (κ2) is 4.56. The van der Waals surface area contributed by atoms with Gasteiger partial charge >= 0.3 is 0 Å². The van der Waals surface area contributed by atoms with E-state index in [0.29, 0.717) is 24.6 Å². The molecule has 0 aromatic carbocycles. The van der Waals surface area contributed by atoms with Crippen LogP contribution in [0.2, 0.25) is 0 Å². The maximum Gasteiger partial charge on any atom is 0.126 e. The summed E-state index contributed by atoms with van der Waals surface area (Å²) >= 11 is 0. The summed E-state index contributed by atoms with van der Waals surface area (Å²) in [5, 5.41) is 8.48. The number of hydrogen-bond acceptors (Lipinski definition) is 4. The highest BCUT2D eigenvalue weighted by molar-refractivity contribution is 5.35. The molecule has 0 aliphatic heterocycles. The molecule has 1 aromatic heterocycles. The van der Waals surface area contributed by atoms with Gasteiger partial charge in [-0.1, -0.05) is 0 Å². The van der Waals surface area contributed by atoms with E-state index in [0.717, 1.165) is 0 Å². The largest absolute Gasteiger partial charge is 0.493 e. The van der Waals surface area contributed by atoms with E-state index in [9.17, 15) is 0 Å². The van der Waals surface area contributed by atoms with Crippen LogP contribution in [0.1, 0.15) is 6.42 Å². The molecule has 4 nitrogen and oxygen atoms in total. The molecular weight excluding hydrogens is 156 g/mol. The van der Waals surface area contributed by atoms with Gasteiger partial charge < -0.3 is 15.6 Å². The Kier molecular flexibility index (Phi) is 3.35. The molecule has 0 bridgehead atoms. The Morgan fingerprint density at radius 2 is 2.42 bits per heavy atom. The van der Waals surface area contributed by atoms with Crippen LogP contribution in [0.3, 0.4) is 0 Å². The summed E-state index contributed by atoms with van der Waals surface area (Å²) in [5.74, 6) is 1.13. The van der Waals surface area contributed by atoms with Crippen molar-refractivity contribution in [3.8, 4) is 5.75 Å². The van der Waals surface area contributed by atoms with Gasteiger partial charge in [-0.2, -0.15) is 0 Å². The van der Waals surface area contributed by atoms with Crippen molar-refractivity contribution in [2.24, 2.45) is 0 Å². The maximum absolute atomic E-state index is 8.48. The summed E-state index contributed by atoms with van der Waals surface area (Å²) in [6, 6.07) is 3.38. The van der Waals surface area contributed by atoms with Gasteiger partial charge in [0.2, 0.25) is 0 Å². The lowest BCUT2D eigenvalue weighted by Crippen LogP contribution is -2.00. The molecule has 0 aliphatic carbocycles. The van der Waals surface area contributed by atoms with Gasteiger partial charge in [0.25, 0.3) is 0 Å². The lowest BCUT2D eigenvalue weighted by molar-refractivity contribution is 0.233. The number of anilines is 1. The molecule has 66 valence electrons. The van der Waals surface area contributed by atoms with Gasteiger partial charge in [0.1, 0.15) is 11.6 Å². The Morgan fingerprint density at radius 3 is 3.08 bits per heavy atom. The molecule has 1 rings (SSSR count). The Hall–Kier alpha value is -1.29. The van der Waals surface area contributed by atoms with Crippen molar-refractivity contribution in [2.75, 3.05) is 18.9 Å². The fraction of sp³-hybridized carbons (Fsp3) is 0.375. The van der Waals surface area contributed by atoms with Gasteiger partial charge in [-0.05, 0) is 6.07 Å². The summed E-state index contributed by atoms with van der Waals surface area (Å²) in [5.41, 5.74) is 5.42. The second-order valence-electron chi connectivity index (χ2n) is 2.34. The van der Waals surface area contributed by atoms with Crippen LogP contribution in [0.4, 0.5) is 5.82 Å². The molecule has 0 atom stereocenters. The van der Waals surface area contributed by atoms with Crippen LogP contribution in [0.5, 0.6) is 5.75 Å². The van der Waals surface area contributed by atoms with Crippen LogP contribution in [0.15, 0.2) is 18.3 Å². The van der Waals surface area contributed by atoms with Crippen molar-refractivity contribution in [1.29, 1.82) is 0 Å². The summed E-state index contributed by atoms with van der Waals surface area (Å²) in [6.45, 7) is 0.639. The fourth-order valence-electron chi connectivity index (χ4n) is 0.772. The number of aliphatic hydroxyl groups is 1. The number of ether oxygens (including phenoxy) is 1. The first-order valence-corrected chi connectivity index (χ1v) is 3.78. The molecule has 12 heavy (non-hydrogen) atoms.